The third kappa shape index (κ3) is 3.70. The van der Waals surface area contributed by atoms with E-state index in [1.165, 1.54) is 11.3 Å². The van der Waals surface area contributed by atoms with Gasteiger partial charge in [-0.15, -0.1) is 22.9 Å². The van der Waals surface area contributed by atoms with Gasteiger partial charge in [0, 0.05) is 24.3 Å². The zero-order valence-corrected chi connectivity index (χ0v) is 13.1. The van der Waals surface area contributed by atoms with Crippen molar-refractivity contribution in [3.63, 3.8) is 0 Å². The van der Waals surface area contributed by atoms with Gasteiger partial charge in [-0.3, -0.25) is 4.79 Å². The number of rotatable bonds is 4. The van der Waals surface area contributed by atoms with E-state index in [4.69, 9.17) is 16.3 Å². The van der Waals surface area contributed by atoms with Gasteiger partial charge in [-0.1, -0.05) is 0 Å². The predicted octanol–water partition coefficient (Wildman–Crippen LogP) is 3.37. The van der Waals surface area contributed by atoms with Crippen LogP contribution in [0.2, 0.25) is 0 Å². The van der Waals surface area contributed by atoms with Crippen molar-refractivity contribution in [2.75, 3.05) is 25.6 Å². The van der Waals surface area contributed by atoms with Crippen molar-refractivity contribution in [3.8, 4) is 0 Å². The molecule has 0 bridgehead atoms. The average Bonchev–Trinajstić information content (AvgIpc) is 2.83. The number of hydrogen-bond acceptors (Lipinski definition) is 3. The molecule has 6 heteroatoms. The van der Waals surface area contributed by atoms with Crippen molar-refractivity contribution in [2.24, 2.45) is 0 Å². The summed E-state index contributed by atoms with van der Waals surface area (Å²) >= 11 is 10.5. The van der Waals surface area contributed by atoms with Crippen LogP contribution < -0.4 is 0 Å². The quantitative estimate of drug-likeness (QED) is 0.778. The fourth-order valence-electron chi connectivity index (χ4n) is 2.04. The van der Waals surface area contributed by atoms with Gasteiger partial charge in [0.15, 0.2) is 0 Å². The topological polar surface area (TPSA) is 29.5 Å². The van der Waals surface area contributed by atoms with Crippen LogP contribution in [0.5, 0.6) is 0 Å². The number of halogens is 2. The molecule has 2 heterocycles. The van der Waals surface area contributed by atoms with Gasteiger partial charge in [-0.05, 0) is 34.8 Å². The van der Waals surface area contributed by atoms with Crippen molar-refractivity contribution in [3.05, 3.63) is 20.8 Å². The Morgan fingerprint density at radius 1 is 1.56 bits per heavy atom. The van der Waals surface area contributed by atoms with Gasteiger partial charge in [0.25, 0.3) is 5.91 Å². The number of ether oxygens (including phenoxy) is 1. The standard InChI is InChI=1S/C12H15BrClNO2S/c13-11-7-9(8-18-11)12(16)15-4-1-10(2-5-15)17-6-3-14/h7-8,10H,1-6H2. The van der Waals surface area contributed by atoms with E-state index >= 15 is 0 Å². The van der Waals surface area contributed by atoms with Crippen LogP contribution in [0.4, 0.5) is 0 Å². The number of thiophene rings is 1. The molecular formula is C12H15BrClNO2S. The summed E-state index contributed by atoms with van der Waals surface area (Å²) in [5.41, 5.74) is 0.770. The number of carbonyl (C=O) groups excluding carboxylic acids is 1. The van der Waals surface area contributed by atoms with Crippen molar-refractivity contribution >= 4 is 44.8 Å². The van der Waals surface area contributed by atoms with E-state index in [9.17, 15) is 4.79 Å². The van der Waals surface area contributed by atoms with E-state index in [1.54, 1.807) is 0 Å². The normalized spacial score (nSPS) is 17.1. The fraction of sp³-hybridized carbons (Fsp3) is 0.583. The summed E-state index contributed by atoms with van der Waals surface area (Å²) in [7, 11) is 0. The Balaban J connectivity index is 1.84. The molecule has 1 aromatic rings. The Bertz CT molecular complexity index is 405. The molecule has 0 saturated carbocycles. The molecule has 0 spiro atoms. The van der Waals surface area contributed by atoms with Crippen LogP contribution in [0, 0.1) is 0 Å². The molecule has 0 N–H and O–H groups in total. The van der Waals surface area contributed by atoms with E-state index in [0.717, 1.165) is 35.3 Å². The third-order valence-corrected chi connectivity index (χ3v) is 4.63. The Labute approximate surface area is 124 Å². The lowest BCUT2D eigenvalue weighted by atomic mass is 10.1. The van der Waals surface area contributed by atoms with Gasteiger partial charge in [0.2, 0.25) is 0 Å². The van der Waals surface area contributed by atoms with Crippen LogP contribution in [-0.4, -0.2) is 42.5 Å². The number of likely N-dealkylation sites (tertiary alicyclic amines) is 1. The first kappa shape index (κ1) is 14.3. The minimum atomic E-state index is 0.118. The lowest BCUT2D eigenvalue weighted by Gasteiger charge is -2.31. The third-order valence-electron chi connectivity index (χ3n) is 2.97. The van der Waals surface area contributed by atoms with Crippen molar-refractivity contribution in [1.29, 1.82) is 0 Å². The lowest BCUT2D eigenvalue weighted by Crippen LogP contribution is -2.40. The molecule has 1 saturated heterocycles. The van der Waals surface area contributed by atoms with Gasteiger partial charge in [0.05, 0.1) is 22.1 Å². The highest BCUT2D eigenvalue weighted by atomic mass is 79.9. The Morgan fingerprint density at radius 2 is 2.28 bits per heavy atom. The maximum absolute atomic E-state index is 12.2. The maximum Gasteiger partial charge on any atom is 0.254 e. The first-order valence-corrected chi connectivity index (χ1v) is 8.12. The molecule has 3 nitrogen and oxygen atoms in total. The van der Waals surface area contributed by atoms with E-state index in [-0.39, 0.29) is 12.0 Å². The molecule has 1 fully saturated rings. The van der Waals surface area contributed by atoms with E-state index in [1.807, 2.05) is 16.3 Å². The van der Waals surface area contributed by atoms with E-state index in [0.29, 0.717) is 12.5 Å². The van der Waals surface area contributed by atoms with Crippen LogP contribution in [0.25, 0.3) is 0 Å². The summed E-state index contributed by atoms with van der Waals surface area (Å²) in [4.78, 5) is 14.1. The molecule has 1 amide bonds. The van der Waals surface area contributed by atoms with Crippen molar-refractivity contribution < 1.29 is 9.53 Å². The van der Waals surface area contributed by atoms with Crippen LogP contribution in [0.1, 0.15) is 23.2 Å². The van der Waals surface area contributed by atoms with Gasteiger partial charge < -0.3 is 9.64 Å². The number of hydrogen-bond donors (Lipinski definition) is 0. The minimum Gasteiger partial charge on any atom is -0.377 e. The van der Waals surface area contributed by atoms with Gasteiger partial charge in [-0.25, -0.2) is 0 Å². The average molecular weight is 353 g/mol. The second-order valence-electron chi connectivity index (χ2n) is 4.19. The molecular weight excluding hydrogens is 338 g/mol. The highest BCUT2D eigenvalue weighted by Crippen LogP contribution is 2.23. The number of carbonyl (C=O) groups is 1. The molecule has 0 atom stereocenters. The smallest absolute Gasteiger partial charge is 0.254 e. The summed E-state index contributed by atoms with van der Waals surface area (Å²) in [5, 5.41) is 1.89. The summed E-state index contributed by atoms with van der Waals surface area (Å²) in [6.07, 6.45) is 2.05. The molecule has 0 radical (unpaired) electrons. The summed E-state index contributed by atoms with van der Waals surface area (Å²) in [6, 6.07) is 1.88. The van der Waals surface area contributed by atoms with Gasteiger partial charge in [0.1, 0.15) is 0 Å². The summed E-state index contributed by atoms with van der Waals surface area (Å²) in [6.45, 7) is 2.12. The zero-order valence-electron chi connectivity index (χ0n) is 9.90. The molecule has 0 aliphatic carbocycles. The zero-order chi connectivity index (χ0) is 13.0. The molecule has 2 rings (SSSR count). The van der Waals surface area contributed by atoms with E-state index < -0.39 is 0 Å². The number of piperidine rings is 1. The Kier molecular flexibility index (Phi) is 5.48. The minimum absolute atomic E-state index is 0.118. The molecule has 0 unspecified atom stereocenters. The van der Waals surface area contributed by atoms with E-state index in [2.05, 4.69) is 15.9 Å². The van der Waals surface area contributed by atoms with Crippen LogP contribution >= 0.6 is 38.9 Å². The second kappa shape index (κ2) is 6.89. The Hall–Kier alpha value is -0.100. The maximum atomic E-state index is 12.2. The van der Waals surface area contributed by atoms with Crippen LogP contribution in [0.15, 0.2) is 15.2 Å². The monoisotopic (exact) mass is 351 g/mol. The van der Waals surface area contributed by atoms with Crippen molar-refractivity contribution in [2.45, 2.75) is 18.9 Å². The first-order valence-electron chi connectivity index (χ1n) is 5.91. The number of nitrogens with zero attached hydrogens (tertiary/aromatic N) is 1. The molecule has 1 aliphatic heterocycles. The van der Waals surface area contributed by atoms with Crippen molar-refractivity contribution in [1.82, 2.24) is 4.90 Å². The van der Waals surface area contributed by atoms with Crippen LogP contribution in [0.3, 0.4) is 0 Å². The largest absolute Gasteiger partial charge is 0.377 e. The van der Waals surface area contributed by atoms with Gasteiger partial charge >= 0.3 is 0 Å². The first-order chi connectivity index (χ1) is 8.70. The van der Waals surface area contributed by atoms with Gasteiger partial charge in [-0.2, -0.15) is 0 Å². The number of alkyl halides is 1. The molecule has 1 aromatic heterocycles. The SMILES string of the molecule is O=C(c1csc(Br)c1)N1CCC(OCCCl)CC1. The number of amides is 1. The van der Waals surface area contributed by atoms with Crippen LogP contribution in [-0.2, 0) is 4.74 Å². The highest BCUT2D eigenvalue weighted by Gasteiger charge is 2.24. The second-order valence-corrected chi connectivity index (χ2v) is 6.86. The molecule has 100 valence electrons. The molecule has 18 heavy (non-hydrogen) atoms. The molecule has 1 aliphatic rings. The molecule has 0 aromatic carbocycles. The highest BCUT2D eigenvalue weighted by molar-refractivity contribution is 9.11. The summed E-state index contributed by atoms with van der Waals surface area (Å²) < 4.78 is 6.59. The fourth-order valence-corrected chi connectivity index (χ4v) is 3.26. The summed E-state index contributed by atoms with van der Waals surface area (Å²) in [5.74, 6) is 0.648. The predicted molar refractivity (Wildman–Crippen MR) is 77.6 cm³/mol. The lowest BCUT2D eigenvalue weighted by molar-refractivity contribution is 0.0154. The Morgan fingerprint density at radius 3 is 2.83 bits per heavy atom.